The number of anilines is 1. The number of carbonyl (C=O) groups excluding carboxylic acids is 2. The van der Waals surface area contributed by atoms with Crippen LogP contribution in [0.4, 0.5) is 14.5 Å². The fourth-order valence-corrected chi connectivity index (χ4v) is 5.55. The highest BCUT2D eigenvalue weighted by molar-refractivity contribution is 7.17. The first-order valence-electron chi connectivity index (χ1n) is 11.1. The molecule has 0 spiro atoms. The van der Waals surface area contributed by atoms with Gasteiger partial charge in [0.1, 0.15) is 6.61 Å². The Hall–Kier alpha value is -3.35. The summed E-state index contributed by atoms with van der Waals surface area (Å²) < 4.78 is 43.5. The lowest BCUT2D eigenvalue weighted by Crippen LogP contribution is -2.58. The molecule has 2 aliphatic rings. The van der Waals surface area contributed by atoms with Gasteiger partial charge in [-0.3, -0.25) is 9.59 Å². The Labute approximate surface area is 219 Å². The van der Waals surface area contributed by atoms with E-state index >= 15 is 0 Å². The van der Waals surface area contributed by atoms with Gasteiger partial charge < -0.3 is 24.8 Å². The Kier molecular flexibility index (Phi) is 6.50. The topological polar surface area (TPSA) is 117 Å². The van der Waals surface area contributed by atoms with Crippen molar-refractivity contribution in [3.8, 4) is 22.2 Å². The molecule has 1 amide bonds. The number of alkyl halides is 2. The molecule has 5 rings (SSSR count). The van der Waals surface area contributed by atoms with Crippen molar-refractivity contribution >= 4 is 40.5 Å². The fourth-order valence-electron chi connectivity index (χ4n) is 4.38. The monoisotopic (exact) mass is 550 g/mol. The molecular weight excluding hydrogens is 530 g/mol. The number of nitrogens with zero attached hydrogens (tertiary/aromatic N) is 3. The number of fused-ring (bicyclic) bond motifs is 1. The summed E-state index contributed by atoms with van der Waals surface area (Å²) in [6.45, 7) is -0.372. The van der Waals surface area contributed by atoms with E-state index in [1.54, 1.807) is 23.1 Å². The molecule has 0 bridgehead atoms. The quantitative estimate of drug-likeness (QED) is 0.417. The number of hydrogen-bond acceptors (Lipinski definition) is 9. The van der Waals surface area contributed by atoms with E-state index in [1.165, 1.54) is 30.8 Å². The predicted molar refractivity (Wildman–Crippen MR) is 131 cm³/mol. The molecular formula is C24H21ClF2N4O5S. The zero-order valence-electron chi connectivity index (χ0n) is 19.5. The standard InChI is InChI=1S/C24H21ClF2N4O5S/c1-34-17-5-15(2-3-16(17)35-12-23(36-19(32)6-28)10-24(26,27)11-23)31-9-13-4-18(37-20(13)22(31)33)21-29-7-14(25)8-30-21/h2-5,7-8H,6,9-12,28H2,1H3. The van der Waals surface area contributed by atoms with Gasteiger partial charge in [-0.05, 0) is 23.8 Å². The zero-order valence-corrected chi connectivity index (χ0v) is 21.1. The number of esters is 1. The number of methoxy groups -OCH3 is 1. The molecule has 0 saturated heterocycles. The lowest BCUT2D eigenvalue weighted by Gasteiger charge is -2.45. The van der Waals surface area contributed by atoms with E-state index in [0.717, 1.165) is 10.4 Å². The van der Waals surface area contributed by atoms with E-state index in [-0.39, 0.29) is 18.3 Å². The number of halogens is 3. The normalized spacial score (nSPS) is 17.2. The van der Waals surface area contributed by atoms with Gasteiger partial charge in [-0.15, -0.1) is 11.3 Å². The molecule has 3 heterocycles. The summed E-state index contributed by atoms with van der Waals surface area (Å²) in [7, 11) is 1.43. The second kappa shape index (κ2) is 9.51. The molecule has 9 nitrogen and oxygen atoms in total. The summed E-state index contributed by atoms with van der Waals surface area (Å²) in [5.74, 6) is -2.87. The fraction of sp³-hybridized carbons (Fsp3) is 0.333. The molecule has 0 unspecified atom stereocenters. The number of aromatic nitrogens is 2. The van der Waals surface area contributed by atoms with E-state index in [4.69, 9.17) is 31.5 Å². The first kappa shape index (κ1) is 25.3. The van der Waals surface area contributed by atoms with Crippen LogP contribution in [0, 0.1) is 0 Å². The van der Waals surface area contributed by atoms with Crippen LogP contribution in [0.25, 0.3) is 10.7 Å². The van der Waals surface area contributed by atoms with Crippen LogP contribution in [-0.2, 0) is 16.1 Å². The Morgan fingerprint density at radius 3 is 2.57 bits per heavy atom. The zero-order chi connectivity index (χ0) is 26.4. The molecule has 194 valence electrons. The van der Waals surface area contributed by atoms with Crippen molar-refractivity contribution in [1.82, 2.24) is 9.97 Å². The van der Waals surface area contributed by atoms with Gasteiger partial charge in [-0.25, -0.2) is 18.7 Å². The Morgan fingerprint density at radius 2 is 1.95 bits per heavy atom. The molecule has 3 aromatic rings. The summed E-state index contributed by atoms with van der Waals surface area (Å²) >= 11 is 7.15. The molecule has 0 radical (unpaired) electrons. The van der Waals surface area contributed by atoms with E-state index in [2.05, 4.69) is 9.97 Å². The maximum absolute atomic E-state index is 13.6. The third-order valence-electron chi connectivity index (χ3n) is 6.03. The minimum Gasteiger partial charge on any atom is -0.493 e. The van der Waals surface area contributed by atoms with Gasteiger partial charge in [-0.2, -0.15) is 0 Å². The van der Waals surface area contributed by atoms with Crippen molar-refractivity contribution in [3.63, 3.8) is 0 Å². The number of amides is 1. The van der Waals surface area contributed by atoms with Crippen LogP contribution >= 0.6 is 22.9 Å². The number of ether oxygens (including phenoxy) is 3. The first-order chi connectivity index (χ1) is 17.6. The summed E-state index contributed by atoms with van der Waals surface area (Å²) in [6, 6.07) is 6.76. The predicted octanol–water partition coefficient (Wildman–Crippen LogP) is 4.08. The van der Waals surface area contributed by atoms with Crippen LogP contribution < -0.4 is 20.1 Å². The minimum absolute atomic E-state index is 0.180. The molecule has 1 aliphatic carbocycles. The van der Waals surface area contributed by atoms with Gasteiger partial charge in [0.25, 0.3) is 11.8 Å². The number of nitrogens with two attached hydrogens (primary N) is 1. The molecule has 1 saturated carbocycles. The summed E-state index contributed by atoms with van der Waals surface area (Å²) in [6.07, 6.45) is 1.69. The number of hydrogen-bond donors (Lipinski definition) is 1. The lowest BCUT2D eigenvalue weighted by molar-refractivity contribution is -0.233. The van der Waals surface area contributed by atoms with Gasteiger partial charge >= 0.3 is 5.97 Å². The van der Waals surface area contributed by atoms with Crippen LogP contribution in [0.15, 0.2) is 36.7 Å². The highest BCUT2D eigenvalue weighted by Gasteiger charge is 2.60. The Morgan fingerprint density at radius 1 is 1.22 bits per heavy atom. The number of thiophene rings is 1. The smallest absolute Gasteiger partial charge is 0.320 e. The number of carbonyl (C=O) groups is 2. The van der Waals surface area contributed by atoms with E-state index in [0.29, 0.717) is 33.7 Å². The van der Waals surface area contributed by atoms with Crippen molar-refractivity contribution in [1.29, 1.82) is 0 Å². The van der Waals surface area contributed by atoms with Gasteiger partial charge in [0.05, 0.1) is 47.8 Å². The molecule has 0 atom stereocenters. The average Bonchev–Trinajstić information content (AvgIpc) is 3.41. The van der Waals surface area contributed by atoms with Gasteiger partial charge in [0.2, 0.25) is 0 Å². The summed E-state index contributed by atoms with van der Waals surface area (Å²) in [5, 5.41) is 0.425. The average molecular weight is 551 g/mol. The second-order valence-corrected chi connectivity index (χ2v) is 10.3. The third-order valence-corrected chi connectivity index (χ3v) is 7.38. The molecule has 1 fully saturated rings. The van der Waals surface area contributed by atoms with E-state index < -0.39 is 36.9 Å². The van der Waals surface area contributed by atoms with E-state index in [9.17, 15) is 18.4 Å². The van der Waals surface area contributed by atoms with Crippen molar-refractivity contribution < 1.29 is 32.6 Å². The van der Waals surface area contributed by atoms with E-state index in [1.807, 2.05) is 6.07 Å². The van der Waals surface area contributed by atoms with Crippen molar-refractivity contribution in [2.75, 3.05) is 25.2 Å². The molecule has 37 heavy (non-hydrogen) atoms. The highest BCUT2D eigenvalue weighted by Crippen LogP contribution is 2.49. The lowest BCUT2D eigenvalue weighted by atomic mass is 9.77. The molecule has 1 aromatic carbocycles. The van der Waals surface area contributed by atoms with Gasteiger partial charge in [0.15, 0.2) is 22.9 Å². The molecule has 2 N–H and O–H groups in total. The van der Waals surface area contributed by atoms with Crippen LogP contribution in [0.5, 0.6) is 11.5 Å². The molecule has 2 aromatic heterocycles. The van der Waals surface area contributed by atoms with Gasteiger partial charge in [-0.1, -0.05) is 11.6 Å². The van der Waals surface area contributed by atoms with Crippen molar-refractivity contribution in [3.05, 3.63) is 52.1 Å². The Balaban J connectivity index is 1.30. The summed E-state index contributed by atoms with van der Waals surface area (Å²) in [4.78, 5) is 36.2. The van der Waals surface area contributed by atoms with Crippen molar-refractivity contribution in [2.45, 2.75) is 30.9 Å². The molecule has 13 heteroatoms. The maximum atomic E-state index is 13.6. The Bertz CT molecular complexity index is 1360. The second-order valence-electron chi connectivity index (χ2n) is 8.78. The first-order valence-corrected chi connectivity index (χ1v) is 12.3. The van der Waals surface area contributed by atoms with Gasteiger partial charge in [0, 0.05) is 24.1 Å². The SMILES string of the molecule is COc1cc(N2Cc3cc(-c4ncc(Cl)cn4)sc3C2=O)ccc1OCC1(OC(=O)CN)CC(F)(F)C1. The number of rotatable bonds is 8. The number of benzene rings is 1. The van der Waals surface area contributed by atoms with Crippen LogP contribution in [0.3, 0.4) is 0 Å². The van der Waals surface area contributed by atoms with Crippen LogP contribution in [0.1, 0.15) is 28.1 Å². The highest BCUT2D eigenvalue weighted by atomic mass is 35.5. The maximum Gasteiger partial charge on any atom is 0.320 e. The molecule has 1 aliphatic heterocycles. The summed E-state index contributed by atoms with van der Waals surface area (Å²) in [5.41, 5.74) is 5.22. The minimum atomic E-state index is -2.94. The van der Waals surface area contributed by atoms with Crippen LogP contribution in [0.2, 0.25) is 5.02 Å². The third kappa shape index (κ3) is 4.96. The largest absolute Gasteiger partial charge is 0.493 e. The van der Waals surface area contributed by atoms with Crippen LogP contribution in [-0.4, -0.2) is 53.6 Å². The van der Waals surface area contributed by atoms with Crippen molar-refractivity contribution in [2.24, 2.45) is 5.73 Å².